The summed E-state index contributed by atoms with van der Waals surface area (Å²) >= 11 is 1.82. The van der Waals surface area contributed by atoms with Crippen LogP contribution in [0.5, 0.6) is 0 Å². The van der Waals surface area contributed by atoms with Gasteiger partial charge in [0.1, 0.15) is 0 Å². The van der Waals surface area contributed by atoms with Gasteiger partial charge in [0.25, 0.3) is 0 Å². The molecule has 0 spiro atoms. The summed E-state index contributed by atoms with van der Waals surface area (Å²) in [6, 6.07) is 10.1. The summed E-state index contributed by atoms with van der Waals surface area (Å²) < 4.78 is 0. The SMILES string of the molecule is Cc1ccc(C2CC(NC(C)c3sc(C)nc3C)C2)cc1. The molecule has 1 heterocycles. The molecule has 112 valence electrons. The molecule has 3 rings (SSSR count). The number of hydrogen-bond acceptors (Lipinski definition) is 3. The van der Waals surface area contributed by atoms with E-state index in [0.29, 0.717) is 12.1 Å². The fourth-order valence-electron chi connectivity index (χ4n) is 3.24. The molecule has 1 saturated carbocycles. The van der Waals surface area contributed by atoms with Crippen LogP contribution in [0.4, 0.5) is 0 Å². The summed E-state index contributed by atoms with van der Waals surface area (Å²) in [4.78, 5) is 5.93. The second-order valence-corrected chi connectivity index (χ2v) is 7.58. The Hall–Kier alpha value is -1.19. The van der Waals surface area contributed by atoms with Crippen LogP contribution in [-0.2, 0) is 0 Å². The summed E-state index contributed by atoms with van der Waals surface area (Å²) in [5.41, 5.74) is 4.03. The second-order valence-electron chi connectivity index (χ2n) is 6.35. The standard InChI is InChI=1S/C18H24N2S/c1-11-5-7-15(8-6-11)16-9-17(10-16)20-13(3)18-12(2)19-14(4)21-18/h5-8,13,16-17,20H,9-10H2,1-4H3. The largest absolute Gasteiger partial charge is 0.307 e. The number of nitrogens with zero attached hydrogens (tertiary/aromatic N) is 1. The smallest absolute Gasteiger partial charge is 0.0900 e. The van der Waals surface area contributed by atoms with Gasteiger partial charge in [0.15, 0.2) is 0 Å². The number of aryl methyl sites for hydroxylation is 3. The minimum absolute atomic E-state index is 0.417. The predicted molar refractivity (Wildman–Crippen MR) is 90.1 cm³/mol. The van der Waals surface area contributed by atoms with Gasteiger partial charge in [-0.3, -0.25) is 0 Å². The van der Waals surface area contributed by atoms with Gasteiger partial charge >= 0.3 is 0 Å². The predicted octanol–water partition coefficient (Wildman–Crippen LogP) is 4.67. The van der Waals surface area contributed by atoms with Crippen molar-refractivity contribution < 1.29 is 0 Å². The van der Waals surface area contributed by atoms with Crippen LogP contribution < -0.4 is 5.32 Å². The number of aromatic nitrogens is 1. The van der Waals surface area contributed by atoms with Crippen molar-refractivity contribution in [3.05, 3.63) is 51.0 Å². The zero-order valence-electron chi connectivity index (χ0n) is 13.3. The highest BCUT2D eigenvalue weighted by Gasteiger charge is 2.31. The van der Waals surface area contributed by atoms with Crippen LogP contribution in [0.2, 0.25) is 0 Å². The summed E-state index contributed by atoms with van der Waals surface area (Å²) in [5, 5.41) is 4.94. The Labute approximate surface area is 131 Å². The fourth-order valence-corrected chi connectivity index (χ4v) is 4.18. The minimum atomic E-state index is 0.417. The Morgan fingerprint density at radius 2 is 1.81 bits per heavy atom. The van der Waals surface area contributed by atoms with Crippen LogP contribution in [0, 0.1) is 20.8 Å². The van der Waals surface area contributed by atoms with Gasteiger partial charge in [0.2, 0.25) is 0 Å². The molecule has 1 aromatic carbocycles. The molecule has 2 aromatic rings. The maximum absolute atomic E-state index is 4.53. The summed E-state index contributed by atoms with van der Waals surface area (Å²) in [6.07, 6.45) is 2.51. The van der Waals surface area contributed by atoms with Crippen LogP contribution in [-0.4, -0.2) is 11.0 Å². The van der Waals surface area contributed by atoms with E-state index in [1.165, 1.54) is 39.5 Å². The van der Waals surface area contributed by atoms with Gasteiger partial charge in [-0.15, -0.1) is 11.3 Å². The molecule has 0 aliphatic heterocycles. The Morgan fingerprint density at radius 1 is 1.14 bits per heavy atom. The van der Waals surface area contributed by atoms with Crippen LogP contribution in [0.1, 0.15) is 58.4 Å². The van der Waals surface area contributed by atoms with Gasteiger partial charge in [0.05, 0.1) is 10.7 Å². The number of hydrogen-bond donors (Lipinski definition) is 1. The zero-order chi connectivity index (χ0) is 15.0. The van der Waals surface area contributed by atoms with Gasteiger partial charge in [-0.1, -0.05) is 29.8 Å². The third-order valence-electron chi connectivity index (χ3n) is 4.51. The van der Waals surface area contributed by atoms with Crippen molar-refractivity contribution in [1.29, 1.82) is 0 Å². The van der Waals surface area contributed by atoms with Crippen LogP contribution >= 0.6 is 11.3 Å². The first-order valence-corrected chi connectivity index (χ1v) is 8.61. The molecule has 1 N–H and O–H groups in total. The van der Waals surface area contributed by atoms with E-state index in [9.17, 15) is 0 Å². The molecule has 21 heavy (non-hydrogen) atoms. The number of nitrogens with one attached hydrogen (secondary N) is 1. The highest BCUT2D eigenvalue weighted by molar-refractivity contribution is 7.11. The van der Waals surface area contributed by atoms with Crippen LogP contribution in [0.15, 0.2) is 24.3 Å². The lowest BCUT2D eigenvalue weighted by atomic mass is 9.75. The van der Waals surface area contributed by atoms with Gasteiger partial charge in [-0.05, 0) is 52.0 Å². The van der Waals surface area contributed by atoms with Crippen molar-refractivity contribution in [2.75, 3.05) is 0 Å². The lowest BCUT2D eigenvalue weighted by Crippen LogP contribution is -2.41. The van der Waals surface area contributed by atoms with Gasteiger partial charge in [-0.25, -0.2) is 4.98 Å². The molecule has 1 aliphatic rings. The normalized spacial score (nSPS) is 22.9. The molecule has 0 bridgehead atoms. The van der Waals surface area contributed by atoms with Crippen LogP contribution in [0.3, 0.4) is 0 Å². The molecule has 0 radical (unpaired) electrons. The molecule has 0 amide bonds. The molecule has 3 heteroatoms. The molecule has 0 saturated heterocycles. The average molecular weight is 300 g/mol. The Balaban J connectivity index is 1.55. The summed E-state index contributed by atoms with van der Waals surface area (Å²) in [5.74, 6) is 0.736. The van der Waals surface area contributed by atoms with E-state index in [-0.39, 0.29) is 0 Å². The van der Waals surface area contributed by atoms with E-state index >= 15 is 0 Å². The molecule has 2 nitrogen and oxygen atoms in total. The Bertz CT molecular complexity index is 609. The molecule has 1 atom stereocenters. The van der Waals surface area contributed by atoms with E-state index in [2.05, 4.69) is 62.3 Å². The van der Waals surface area contributed by atoms with Crippen molar-refractivity contribution in [2.45, 2.75) is 58.5 Å². The van der Waals surface area contributed by atoms with Crippen molar-refractivity contribution >= 4 is 11.3 Å². The van der Waals surface area contributed by atoms with Gasteiger partial charge < -0.3 is 5.32 Å². The Kier molecular flexibility index (Phi) is 4.14. The van der Waals surface area contributed by atoms with E-state index in [1.54, 1.807) is 0 Å². The number of rotatable bonds is 4. The van der Waals surface area contributed by atoms with E-state index < -0.39 is 0 Å². The quantitative estimate of drug-likeness (QED) is 0.888. The fraction of sp³-hybridized carbons (Fsp3) is 0.500. The van der Waals surface area contributed by atoms with Gasteiger partial charge in [-0.2, -0.15) is 0 Å². The Morgan fingerprint density at radius 3 is 2.38 bits per heavy atom. The van der Waals surface area contributed by atoms with Gasteiger partial charge in [0, 0.05) is 17.0 Å². The van der Waals surface area contributed by atoms with Crippen molar-refractivity contribution in [2.24, 2.45) is 0 Å². The zero-order valence-corrected chi connectivity index (χ0v) is 14.1. The first-order valence-electron chi connectivity index (χ1n) is 7.79. The lowest BCUT2D eigenvalue weighted by molar-refractivity contribution is 0.271. The topological polar surface area (TPSA) is 24.9 Å². The summed E-state index contributed by atoms with van der Waals surface area (Å²) in [6.45, 7) is 8.62. The first kappa shape index (κ1) is 14.7. The average Bonchev–Trinajstić information content (AvgIpc) is 2.74. The number of benzene rings is 1. The maximum Gasteiger partial charge on any atom is 0.0900 e. The summed E-state index contributed by atoms with van der Waals surface area (Å²) in [7, 11) is 0. The van der Waals surface area contributed by atoms with Crippen LogP contribution in [0.25, 0.3) is 0 Å². The molecule has 1 fully saturated rings. The monoisotopic (exact) mass is 300 g/mol. The lowest BCUT2D eigenvalue weighted by Gasteiger charge is -2.38. The van der Waals surface area contributed by atoms with Crippen molar-refractivity contribution in [3.63, 3.8) is 0 Å². The van der Waals surface area contributed by atoms with Crippen molar-refractivity contribution in [3.8, 4) is 0 Å². The van der Waals surface area contributed by atoms with E-state index in [4.69, 9.17) is 0 Å². The van der Waals surface area contributed by atoms with Crippen molar-refractivity contribution in [1.82, 2.24) is 10.3 Å². The van der Waals surface area contributed by atoms with E-state index in [0.717, 1.165) is 5.92 Å². The molecule has 1 unspecified atom stereocenters. The molecule has 1 aliphatic carbocycles. The minimum Gasteiger partial charge on any atom is -0.307 e. The second kappa shape index (κ2) is 5.90. The maximum atomic E-state index is 4.53. The molecular formula is C18H24N2S. The highest BCUT2D eigenvalue weighted by Crippen LogP contribution is 2.38. The number of thiazole rings is 1. The molecular weight excluding hydrogens is 276 g/mol. The molecule has 1 aromatic heterocycles. The highest BCUT2D eigenvalue weighted by atomic mass is 32.1. The third kappa shape index (κ3) is 3.19. The third-order valence-corrected chi connectivity index (χ3v) is 5.76. The first-order chi connectivity index (χ1) is 10.0. The van der Waals surface area contributed by atoms with E-state index in [1.807, 2.05) is 11.3 Å².